The molecule has 2 aliphatic carbocycles. The van der Waals surface area contributed by atoms with E-state index in [1.807, 2.05) is 30.3 Å². The third kappa shape index (κ3) is 5.60. The molecule has 3 aromatic rings. The van der Waals surface area contributed by atoms with Crippen LogP contribution < -0.4 is 15.8 Å². The lowest BCUT2D eigenvalue weighted by atomic mass is 9.93. The highest BCUT2D eigenvalue weighted by Gasteiger charge is 2.26. The van der Waals surface area contributed by atoms with Crippen LogP contribution in [0.5, 0.6) is 0 Å². The number of pyridine rings is 3. The summed E-state index contributed by atoms with van der Waals surface area (Å²) in [5.41, 5.74) is 2.92. The predicted octanol–water partition coefficient (Wildman–Crippen LogP) is 4.35. The Balaban J connectivity index is 0.000000218. The van der Waals surface area contributed by atoms with Crippen LogP contribution in [0.2, 0.25) is 0 Å². The maximum Gasteiger partial charge on any atom is 0.270 e. The SMILES string of the molecule is CN(c1c(C#N)c(=O)n(C)c2ccc(C#N)nc12)C1CCCCC1.c1cncc(NCC2CC2)c1. The van der Waals surface area contributed by atoms with Crippen LogP contribution in [0.1, 0.15) is 56.2 Å². The Morgan fingerprint density at radius 1 is 1.11 bits per heavy atom. The number of nitrogens with zero attached hydrogens (tertiary/aromatic N) is 6. The first-order valence-electron chi connectivity index (χ1n) is 12.2. The standard InChI is InChI=1S/C18H19N5O.C9H12N2/c1-22(13-6-4-3-5-7-13)17-14(11-20)18(24)23(2)15-9-8-12(10-19)21-16(15)17;1-2-9(7-10-5-1)11-6-8-3-4-8/h8-9,13H,3-7H2,1-2H3;1-2,5,7-8,11H,3-4,6H2. The fraction of sp³-hybridized carbons (Fsp3) is 0.444. The molecule has 5 rings (SSSR count). The zero-order valence-electron chi connectivity index (χ0n) is 20.4. The summed E-state index contributed by atoms with van der Waals surface area (Å²) in [4.78, 5) is 23.0. The van der Waals surface area contributed by atoms with Crippen LogP contribution in [-0.2, 0) is 7.05 Å². The number of hydrogen-bond acceptors (Lipinski definition) is 7. The number of anilines is 2. The van der Waals surface area contributed by atoms with Gasteiger partial charge in [-0.25, -0.2) is 4.98 Å². The van der Waals surface area contributed by atoms with Crippen LogP contribution in [0, 0.1) is 28.6 Å². The van der Waals surface area contributed by atoms with E-state index in [0.29, 0.717) is 16.7 Å². The molecule has 35 heavy (non-hydrogen) atoms. The molecule has 2 fully saturated rings. The molecule has 0 amide bonds. The Hall–Kier alpha value is -3.91. The molecular formula is C27H31N7O. The molecule has 3 aromatic heterocycles. The summed E-state index contributed by atoms with van der Waals surface area (Å²) in [5.74, 6) is 0.926. The van der Waals surface area contributed by atoms with Gasteiger partial charge in [-0.1, -0.05) is 19.3 Å². The van der Waals surface area contributed by atoms with Crippen LogP contribution in [0.15, 0.2) is 41.5 Å². The van der Waals surface area contributed by atoms with E-state index < -0.39 is 0 Å². The molecule has 1 N–H and O–H groups in total. The first kappa shape index (κ1) is 24.2. The van der Waals surface area contributed by atoms with Crippen molar-refractivity contribution in [2.24, 2.45) is 13.0 Å². The van der Waals surface area contributed by atoms with Gasteiger partial charge in [0.15, 0.2) is 0 Å². The Morgan fingerprint density at radius 3 is 2.51 bits per heavy atom. The predicted molar refractivity (Wildman–Crippen MR) is 137 cm³/mol. The molecule has 0 saturated heterocycles. The van der Waals surface area contributed by atoms with Crippen molar-refractivity contribution in [3.05, 3.63) is 58.3 Å². The lowest BCUT2D eigenvalue weighted by Crippen LogP contribution is -2.36. The summed E-state index contributed by atoms with van der Waals surface area (Å²) in [6, 6.07) is 11.7. The smallest absolute Gasteiger partial charge is 0.270 e. The minimum Gasteiger partial charge on any atom is -0.384 e. The van der Waals surface area contributed by atoms with E-state index in [1.54, 1.807) is 25.4 Å². The van der Waals surface area contributed by atoms with Crippen molar-refractivity contribution in [1.29, 1.82) is 10.5 Å². The van der Waals surface area contributed by atoms with Crippen LogP contribution in [0.25, 0.3) is 11.0 Å². The van der Waals surface area contributed by atoms with Crippen molar-refractivity contribution >= 4 is 22.4 Å². The third-order valence-corrected chi connectivity index (χ3v) is 6.87. The van der Waals surface area contributed by atoms with Crippen LogP contribution in [-0.4, -0.2) is 34.2 Å². The van der Waals surface area contributed by atoms with E-state index in [9.17, 15) is 10.1 Å². The average molecular weight is 470 g/mol. The number of nitriles is 2. The van der Waals surface area contributed by atoms with E-state index in [2.05, 4.69) is 27.4 Å². The van der Waals surface area contributed by atoms with Gasteiger partial charge in [-0.3, -0.25) is 9.78 Å². The Kier molecular flexibility index (Phi) is 7.62. The summed E-state index contributed by atoms with van der Waals surface area (Å²) in [7, 11) is 3.55. The van der Waals surface area contributed by atoms with Crippen molar-refractivity contribution in [2.45, 2.75) is 51.0 Å². The Bertz CT molecular complexity index is 1310. The second-order valence-electron chi connectivity index (χ2n) is 9.34. The molecule has 180 valence electrons. The largest absolute Gasteiger partial charge is 0.384 e. The molecule has 8 heteroatoms. The molecule has 0 radical (unpaired) electrons. The van der Waals surface area contributed by atoms with Crippen molar-refractivity contribution in [1.82, 2.24) is 14.5 Å². The molecule has 0 spiro atoms. The Labute approximate surface area is 205 Å². The molecule has 8 nitrogen and oxygen atoms in total. The van der Waals surface area contributed by atoms with Gasteiger partial charge in [-0.15, -0.1) is 0 Å². The van der Waals surface area contributed by atoms with Crippen LogP contribution in [0.3, 0.4) is 0 Å². The maximum absolute atomic E-state index is 12.6. The maximum atomic E-state index is 12.6. The lowest BCUT2D eigenvalue weighted by molar-refractivity contribution is 0.428. The van der Waals surface area contributed by atoms with Gasteiger partial charge in [0.05, 0.1) is 16.9 Å². The van der Waals surface area contributed by atoms with Crippen molar-refractivity contribution < 1.29 is 0 Å². The number of hydrogen-bond donors (Lipinski definition) is 1. The van der Waals surface area contributed by atoms with Crippen molar-refractivity contribution in [2.75, 3.05) is 23.8 Å². The first-order chi connectivity index (χ1) is 17.0. The van der Waals surface area contributed by atoms with Gasteiger partial charge >= 0.3 is 0 Å². The van der Waals surface area contributed by atoms with E-state index in [0.717, 1.165) is 43.8 Å². The number of rotatable bonds is 5. The molecule has 2 aliphatic rings. The highest BCUT2D eigenvalue weighted by Crippen LogP contribution is 2.32. The average Bonchev–Trinajstić information content (AvgIpc) is 3.75. The first-order valence-corrected chi connectivity index (χ1v) is 12.2. The fourth-order valence-electron chi connectivity index (χ4n) is 4.60. The number of aromatic nitrogens is 3. The number of aryl methyl sites for hydroxylation is 1. The van der Waals surface area contributed by atoms with E-state index in [4.69, 9.17) is 5.26 Å². The quantitative estimate of drug-likeness (QED) is 0.591. The van der Waals surface area contributed by atoms with Gasteiger partial charge in [0, 0.05) is 39.1 Å². The highest BCUT2D eigenvalue weighted by molar-refractivity contribution is 5.92. The minimum absolute atomic E-state index is 0.0978. The summed E-state index contributed by atoms with van der Waals surface area (Å²) in [5, 5.41) is 22.1. The second-order valence-corrected chi connectivity index (χ2v) is 9.34. The molecule has 0 unspecified atom stereocenters. The van der Waals surface area contributed by atoms with Crippen molar-refractivity contribution in [3.8, 4) is 12.1 Å². The summed E-state index contributed by atoms with van der Waals surface area (Å²) in [6.45, 7) is 1.12. The molecule has 0 aliphatic heterocycles. The molecule has 3 heterocycles. The van der Waals surface area contributed by atoms with Gasteiger partial charge in [0.25, 0.3) is 5.56 Å². The fourth-order valence-corrected chi connectivity index (χ4v) is 4.60. The third-order valence-electron chi connectivity index (χ3n) is 6.87. The van der Waals surface area contributed by atoms with Gasteiger partial charge in [-0.2, -0.15) is 10.5 Å². The molecule has 0 bridgehead atoms. The minimum atomic E-state index is -0.325. The Morgan fingerprint density at radius 2 is 1.89 bits per heavy atom. The zero-order chi connectivity index (χ0) is 24.8. The van der Waals surface area contributed by atoms with E-state index >= 15 is 0 Å². The highest BCUT2D eigenvalue weighted by atomic mass is 16.1. The molecule has 0 aromatic carbocycles. The summed E-state index contributed by atoms with van der Waals surface area (Å²) < 4.78 is 1.43. The molecule has 2 saturated carbocycles. The zero-order valence-corrected chi connectivity index (χ0v) is 20.4. The summed E-state index contributed by atoms with van der Waals surface area (Å²) >= 11 is 0. The number of fused-ring (bicyclic) bond motifs is 1. The van der Waals surface area contributed by atoms with Gasteiger partial charge < -0.3 is 14.8 Å². The van der Waals surface area contributed by atoms with Gasteiger partial charge in [0.2, 0.25) is 0 Å². The topological polar surface area (TPSA) is 111 Å². The normalized spacial score (nSPS) is 15.4. The van der Waals surface area contributed by atoms with E-state index in [1.165, 1.54) is 23.8 Å². The van der Waals surface area contributed by atoms with Gasteiger partial charge in [0.1, 0.15) is 28.9 Å². The molecule has 0 atom stereocenters. The summed E-state index contributed by atoms with van der Waals surface area (Å²) in [6.07, 6.45) is 12.0. The second kappa shape index (κ2) is 11.0. The molecular weight excluding hydrogens is 438 g/mol. The van der Waals surface area contributed by atoms with Crippen molar-refractivity contribution in [3.63, 3.8) is 0 Å². The number of nitrogens with one attached hydrogen (secondary N) is 1. The lowest BCUT2D eigenvalue weighted by Gasteiger charge is -2.33. The van der Waals surface area contributed by atoms with Crippen LogP contribution >= 0.6 is 0 Å². The monoisotopic (exact) mass is 469 g/mol. The van der Waals surface area contributed by atoms with Gasteiger partial charge in [-0.05, 0) is 55.9 Å². The van der Waals surface area contributed by atoms with E-state index in [-0.39, 0.29) is 22.9 Å². The van der Waals surface area contributed by atoms with Crippen LogP contribution in [0.4, 0.5) is 11.4 Å².